The third-order valence-corrected chi connectivity index (χ3v) is 2.43. The Balaban J connectivity index is 2.28. The van der Waals surface area contributed by atoms with Crippen LogP contribution in [0.5, 0.6) is 0 Å². The second kappa shape index (κ2) is 3.72. The van der Waals surface area contributed by atoms with Gasteiger partial charge in [-0.05, 0) is 31.3 Å². The van der Waals surface area contributed by atoms with Gasteiger partial charge in [-0.3, -0.25) is 4.79 Å². The van der Waals surface area contributed by atoms with Crippen LogP contribution in [0.3, 0.4) is 0 Å². The van der Waals surface area contributed by atoms with Crippen LogP contribution in [0.4, 0.5) is 0 Å². The van der Waals surface area contributed by atoms with Crippen LogP contribution in [-0.2, 0) is 4.79 Å². The molecule has 2 unspecified atom stereocenters. The van der Waals surface area contributed by atoms with E-state index in [4.69, 9.17) is 5.73 Å². The van der Waals surface area contributed by atoms with E-state index in [1.807, 2.05) is 0 Å². The van der Waals surface area contributed by atoms with Crippen molar-refractivity contribution in [3.63, 3.8) is 0 Å². The van der Waals surface area contributed by atoms with Gasteiger partial charge in [0.2, 0.25) is 5.91 Å². The number of rotatable bonds is 3. The molecule has 0 aromatic rings. The number of carbonyl (C=O) groups excluding carboxylic acids is 1. The van der Waals surface area contributed by atoms with Gasteiger partial charge in [-0.25, -0.2) is 0 Å². The number of carbonyl (C=O) groups is 1. The molecule has 2 atom stereocenters. The average molecular weight is 156 g/mol. The van der Waals surface area contributed by atoms with E-state index < -0.39 is 0 Å². The fraction of sp³-hybridized carbons (Fsp3) is 0.875. The molecular formula is C8H16N2O. The van der Waals surface area contributed by atoms with E-state index in [1.54, 1.807) is 0 Å². The summed E-state index contributed by atoms with van der Waals surface area (Å²) < 4.78 is 0. The van der Waals surface area contributed by atoms with E-state index in [-0.39, 0.29) is 5.91 Å². The lowest BCUT2D eigenvalue weighted by molar-refractivity contribution is -0.119. The second-order valence-corrected chi connectivity index (χ2v) is 3.40. The van der Waals surface area contributed by atoms with Crippen molar-refractivity contribution < 1.29 is 4.79 Å². The van der Waals surface area contributed by atoms with E-state index in [0.29, 0.717) is 18.3 Å². The predicted molar refractivity (Wildman–Crippen MR) is 44.0 cm³/mol. The van der Waals surface area contributed by atoms with E-state index in [0.717, 1.165) is 13.1 Å². The molecule has 0 aromatic heterocycles. The molecule has 1 rings (SSSR count). The van der Waals surface area contributed by atoms with Crippen LogP contribution >= 0.6 is 0 Å². The second-order valence-electron chi connectivity index (χ2n) is 3.40. The van der Waals surface area contributed by atoms with Gasteiger partial charge in [0.15, 0.2) is 0 Å². The van der Waals surface area contributed by atoms with Crippen molar-refractivity contribution >= 4 is 5.91 Å². The summed E-state index contributed by atoms with van der Waals surface area (Å²) in [6.07, 6.45) is 1.72. The fourth-order valence-electron chi connectivity index (χ4n) is 1.65. The molecule has 3 N–H and O–H groups in total. The maximum Gasteiger partial charge on any atom is 0.217 e. The summed E-state index contributed by atoms with van der Waals surface area (Å²) >= 11 is 0. The van der Waals surface area contributed by atoms with Crippen LogP contribution in [0.15, 0.2) is 0 Å². The van der Waals surface area contributed by atoms with Crippen LogP contribution < -0.4 is 11.1 Å². The molecule has 1 fully saturated rings. The molecule has 1 heterocycles. The summed E-state index contributed by atoms with van der Waals surface area (Å²) in [5.74, 6) is 0.925. The minimum atomic E-state index is -0.176. The average Bonchev–Trinajstić information content (AvgIpc) is 2.35. The van der Waals surface area contributed by atoms with Gasteiger partial charge in [0.05, 0.1) is 0 Å². The minimum Gasteiger partial charge on any atom is -0.370 e. The molecule has 1 aliphatic rings. The molecule has 0 saturated carbocycles. The Morgan fingerprint density at radius 1 is 1.82 bits per heavy atom. The summed E-state index contributed by atoms with van der Waals surface area (Å²) in [5.41, 5.74) is 5.10. The SMILES string of the molecule is CC(CC(N)=O)C1CCNC1. The molecule has 3 heteroatoms. The van der Waals surface area contributed by atoms with Crippen LogP contribution in [0.25, 0.3) is 0 Å². The number of amides is 1. The van der Waals surface area contributed by atoms with E-state index in [9.17, 15) is 4.79 Å². The molecule has 3 nitrogen and oxygen atoms in total. The number of primary amides is 1. The number of nitrogens with two attached hydrogens (primary N) is 1. The van der Waals surface area contributed by atoms with Crippen LogP contribution in [0.1, 0.15) is 19.8 Å². The lowest BCUT2D eigenvalue weighted by Gasteiger charge is -2.15. The molecule has 1 aliphatic heterocycles. The summed E-state index contributed by atoms with van der Waals surface area (Å²) in [5, 5.41) is 3.27. The molecule has 0 bridgehead atoms. The van der Waals surface area contributed by atoms with Gasteiger partial charge in [-0.1, -0.05) is 6.92 Å². The first-order chi connectivity index (χ1) is 5.20. The number of hydrogen-bond donors (Lipinski definition) is 2. The molecule has 11 heavy (non-hydrogen) atoms. The first kappa shape index (κ1) is 8.53. The molecule has 64 valence electrons. The summed E-state index contributed by atoms with van der Waals surface area (Å²) in [6, 6.07) is 0. The lowest BCUT2D eigenvalue weighted by Crippen LogP contribution is -2.22. The zero-order valence-electron chi connectivity index (χ0n) is 6.97. The van der Waals surface area contributed by atoms with Gasteiger partial charge in [0.1, 0.15) is 0 Å². The van der Waals surface area contributed by atoms with Crippen molar-refractivity contribution in [2.45, 2.75) is 19.8 Å². The highest BCUT2D eigenvalue weighted by atomic mass is 16.1. The Labute approximate surface area is 67.3 Å². The van der Waals surface area contributed by atoms with Crippen molar-refractivity contribution in [2.24, 2.45) is 17.6 Å². The lowest BCUT2D eigenvalue weighted by atomic mass is 9.90. The minimum absolute atomic E-state index is 0.176. The monoisotopic (exact) mass is 156 g/mol. The molecular weight excluding hydrogens is 140 g/mol. The Hall–Kier alpha value is -0.570. The largest absolute Gasteiger partial charge is 0.370 e. The van der Waals surface area contributed by atoms with Gasteiger partial charge >= 0.3 is 0 Å². The predicted octanol–water partition coefficient (Wildman–Crippen LogP) is 0.107. The van der Waals surface area contributed by atoms with Crippen molar-refractivity contribution in [3.05, 3.63) is 0 Å². The Kier molecular flexibility index (Phi) is 2.88. The Morgan fingerprint density at radius 3 is 3.00 bits per heavy atom. The van der Waals surface area contributed by atoms with Crippen molar-refractivity contribution in [1.82, 2.24) is 5.32 Å². The Bertz CT molecular complexity index is 141. The number of nitrogens with one attached hydrogen (secondary N) is 1. The van der Waals surface area contributed by atoms with Crippen LogP contribution in [0, 0.1) is 11.8 Å². The molecule has 1 saturated heterocycles. The highest BCUT2D eigenvalue weighted by Crippen LogP contribution is 2.20. The van der Waals surface area contributed by atoms with Gasteiger partial charge in [-0.15, -0.1) is 0 Å². The number of hydrogen-bond acceptors (Lipinski definition) is 2. The molecule has 0 aromatic carbocycles. The molecule has 0 spiro atoms. The topological polar surface area (TPSA) is 55.1 Å². The van der Waals surface area contributed by atoms with Crippen molar-refractivity contribution in [2.75, 3.05) is 13.1 Å². The maximum absolute atomic E-state index is 10.6. The van der Waals surface area contributed by atoms with Crippen molar-refractivity contribution in [3.8, 4) is 0 Å². The van der Waals surface area contributed by atoms with Gasteiger partial charge in [0, 0.05) is 6.42 Å². The zero-order valence-corrected chi connectivity index (χ0v) is 6.97. The van der Waals surface area contributed by atoms with Gasteiger partial charge in [-0.2, -0.15) is 0 Å². The van der Waals surface area contributed by atoms with E-state index in [2.05, 4.69) is 12.2 Å². The zero-order chi connectivity index (χ0) is 8.27. The third-order valence-electron chi connectivity index (χ3n) is 2.43. The summed E-state index contributed by atoms with van der Waals surface area (Å²) in [4.78, 5) is 10.6. The molecule has 1 amide bonds. The smallest absolute Gasteiger partial charge is 0.217 e. The van der Waals surface area contributed by atoms with Gasteiger partial charge < -0.3 is 11.1 Å². The Morgan fingerprint density at radius 2 is 2.55 bits per heavy atom. The normalized spacial score (nSPS) is 26.8. The summed E-state index contributed by atoms with van der Waals surface area (Å²) in [7, 11) is 0. The third kappa shape index (κ3) is 2.50. The summed E-state index contributed by atoms with van der Waals surface area (Å²) in [6.45, 7) is 4.24. The van der Waals surface area contributed by atoms with E-state index >= 15 is 0 Å². The van der Waals surface area contributed by atoms with Gasteiger partial charge in [0.25, 0.3) is 0 Å². The first-order valence-electron chi connectivity index (χ1n) is 4.19. The highest BCUT2D eigenvalue weighted by molar-refractivity contribution is 5.73. The standard InChI is InChI=1S/C8H16N2O/c1-6(4-8(9)11)7-2-3-10-5-7/h6-7,10H,2-5H2,1H3,(H2,9,11). The molecule has 0 aliphatic carbocycles. The first-order valence-corrected chi connectivity index (χ1v) is 4.19. The van der Waals surface area contributed by atoms with Crippen LogP contribution in [0.2, 0.25) is 0 Å². The fourth-order valence-corrected chi connectivity index (χ4v) is 1.65. The quantitative estimate of drug-likeness (QED) is 0.609. The van der Waals surface area contributed by atoms with E-state index in [1.165, 1.54) is 6.42 Å². The highest BCUT2D eigenvalue weighted by Gasteiger charge is 2.21. The van der Waals surface area contributed by atoms with Crippen LogP contribution in [-0.4, -0.2) is 19.0 Å². The van der Waals surface area contributed by atoms with Crippen molar-refractivity contribution in [1.29, 1.82) is 0 Å². The molecule has 0 radical (unpaired) electrons. The maximum atomic E-state index is 10.6.